The summed E-state index contributed by atoms with van der Waals surface area (Å²) in [7, 11) is 1.35. The van der Waals surface area contributed by atoms with Crippen LogP contribution in [0.5, 0.6) is 5.75 Å². The number of amides is 1. The number of carbonyl (C=O) groups excluding carboxylic acids is 1. The molecule has 1 aromatic carbocycles. The largest absolute Gasteiger partial charge is 0.490 e. The third-order valence-electron chi connectivity index (χ3n) is 3.23. The van der Waals surface area contributed by atoms with E-state index in [1.165, 1.54) is 38.2 Å². The number of nitro groups is 1. The van der Waals surface area contributed by atoms with E-state index in [1.807, 2.05) is 0 Å². The van der Waals surface area contributed by atoms with E-state index in [2.05, 4.69) is 21.2 Å². The van der Waals surface area contributed by atoms with Gasteiger partial charge >= 0.3 is 5.69 Å². The van der Waals surface area contributed by atoms with Crippen molar-refractivity contribution in [3.05, 3.63) is 33.9 Å². The predicted molar refractivity (Wildman–Crippen MR) is 77.4 cm³/mol. The number of hydrogen-bond acceptors (Lipinski definition) is 4. The summed E-state index contributed by atoms with van der Waals surface area (Å²) in [4.78, 5) is 22.6. The lowest BCUT2D eigenvalue weighted by molar-refractivity contribution is -0.385. The van der Waals surface area contributed by atoms with Gasteiger partial charge in [-0.25, -0.2) is 0 Å². The third-order valence-corrected chi connectivity index (χ3v) is 4.30. The highest BCUT2D eigenvalue weighted by atomic mass is 79.9. The fourth-order valence-electron chi connectivity index (χ4n) is 1.89. The molecular weight excluding hydrogens is 328 g/mol. The normalized spacial score (nSPS) is 15.5. The van der Waals surface area contributed by atoms with Crippen molar-refractivity contribution in [1.29, 1.82) is 0 Å². The highest BCUT2D eigenvalue weighted by Crippen LogP contribution is 2.36. The van der Waals surface area contributed by atoms with Gasteiger partial charge in [0.05, 0.1) is 12.0 Å². The van der Waals surface area contributed by atoms with Crippen LogP contribution in [-0.2, 0) is 0 Å². The number of nitrogens with zero attached hydrogens (tertiary/aromatic N) is 1. The number of benzene rings is 1. The summed E-state index contributed by atoms with van der Waals surface area (Å²) in [6.07, 6.45) is 2.36. The van der Waals surface area contributed by atoms with Gasteiger partial charge in [0, 0.05) is 23.0 Å². The van der Waals surface area contributed by atoms with Gasteiger partial charge in [0.1, 0.15) is 0 Å². The fourth-order valence-corrected chi connectivity index (χ4v) is 2.58. The Labute approximate surface area is 124 Å². The molecule has 108 valence electrons. The number of hydrogen-bond donors (Lipinski definition) is 1. The van der Waals surface area contributed by atoms with Crippen molar-refractivity contribution in [1.82, 2.24) is 5.32 Å². The molecular formula is C13H15BrN2O4. The van der Waals surface area contributed by atoms with E-state index in [0.717, 1.165) is 0 Å². The van der Waals surface area contributed by atoms with Gasteiger partial charge in [-0.2, -0.15) is 0 Å². The molecule has 1 fully saturated rings. The molecule has 2 rings (SSSR count). The van der Waals surface area contributed by atoms with Gasteiger partial charge in [0.15, 0.2) is 5.75 Å². The predicted octanol–water partition coefficient (Wildman–Crippen LogP) is 2.51. The Morgan fingerprint density at radius 1 is 1.60 bits per heavy atom. The topological polar surface area (TPSA) is 81.5 Å². The van der Waals surface area contributed by atoms with Crippen molar-refractivity contribution in [3.63, 3.8) is 0 Å². The summed E-state index contributed by atoms with van der Waals surface area (Å²) < 4.78 is 4.90. The maximum atomic E-state index is 12.0. The Bertz CT molecular complexity index is 531. The van der Waals surface area contributed by atoms with Crippen molar-refractivity contribution >= 4 is 27.5 Å². The van der Waals surface area contributed by atoms with Crippen molar-refractivity contribution in [2.75, 3.05) is 13.7 Å². The molecule has 1 N–H and O–H groups in total. The molecule has 1 aliphatic carbocycles. The number of halogens is 1. The Kier molecular flexibility index (Phi) is 4.59. The number of nitro benzene ring substituents is 1. The van der Waals surface area contributed by atoms with Crippen LogP contribution in [0.25, 0.3) is 0 Å². The highest BCUT2D eigenvalue weighted by Gasteiger charge is 2.29. The summed E-state index contributed by atoms with van der Waals surface area (Å²) in [6.45, 7) is 0.517. The summed E-state index contributed by atoms with van der Waals surface area (Å²) in [5, 5.41) is 13.7. The molecule has 1 atom stereocenters. The Hall–Kier alpha value is -1.63. The molecule has 1 amide bonds. The molecule has 0 saturated heterocycles. The molecule has 0 spiro atoms. The van der Waals surface area contributed by atoms with E-state index in [-0.39, 0.29) is 27.7 Å². The molecule has 1 unspecified atom stereocenters. The van der Waals surface area contributed by atoms with Gasteiger partial charge in [-0.15, -0.1) is 0 Å². The third kappa shape index (κ3) is 3.47. The number of methoxy groups -OCH3 is 1. The minimum absolute atomic E-state index is 0.142. The van der Waals surface area contributed by atoms with Crippen molar-refractivity contribution in [3.8, 4) is 5.75 Å². The van der Waals surface area contributed by atoms with E-state index >= 15 is 0 Å². The molecule has 0 heterocycles. The van der Waals surface area contributed by atoms with Crippen LogP contribution in [0.2, 0.25) is 0 Å². The lowest BCUT2D eigenvalue weighted by atomic mass is 10.1. The Morgan fingerprint density at radius 3 is 2.85 bits per heavy atom. The van der Waals surface area contributed by atoms with Gasteiger partial charge in [-0.05, 0) is 30.9 Å². The first-order chi connectivity index (χ1) is 9.52. The number of nitrogens with one attached hydrogen (secondary N) is 1. The van der Waals surface area contributed by atoms with Crippen LogP contribution < -0.4 is 10.1 Å². The van der Waals surface area contributed by atoms with Crippen LogP contribution in [-0.4, -0.2) is 29.3 Å². The second kappa shape index (κ2) is 6.21. The molecule has 0 radical (unpaired) electrons. The fraction of sp³-hybridized carbons (Fsp3) is 0.462. The maximum absolute atomic E-state index is 12.0. The molecule has 6 nitrogen and oxygen atoms in total. The second-order valence-electron chi connectivity index (χ2n) is 4.71. The van der Waals surface area contributed by atoms with Gasteiger partial charge in [-0.3, -0.25) is 14.9 Å². The smallest absolute Gasteiger partial charge is 0.311 e. The molecule has 1 aromatic rings. The molecule has 20 heavy (non-hydrogen) atoms. The van der Waals surface area contributed by atoms with E-state index < -0.39 is 4.92 Å². The zero-order valence-corrected chi connectivity index (χ0v) is 12.6. The van der Waals surface area contributed by atoms with Gasteiger partial charge in [-0.1, -0.05) is 15.9 Å². The first kappa shape index (κ1) is 14.8. The zero-order valence-electron chi connectivity index (χ0n) is 11.0. The van der Waals surface area contributed by atoms with Gasteiger partial charge in [0.2, 0.25) is 0 Å². The molecule has 0 bridgehead atoms. The first-order valence-corrected chi connectivity index (χ1v) is 7.19. The Balaban J connectivity index is 2.05. The zero-order chi connectivity index (χ0) is 14.7. The van der Waals surface area contributed by atoms with E-state index in [0.29, 0.717) is 12.5 Å². The summed E-state index contributed by atoms with van der Waals surface area (Å²) >= 11 is 3.52. The summed E-state index contributed by atoms with van der Waals surface area (Å²) in [5.74, 6) is 0.448. The molecule has 7 heteroatoms. The minimum Gasteiger partial charge on any atom is -0.490 e. The van der Waals surface area contributed by atoms with Gasteiger partial charge < -0.3 is 10.1 Å². The number of alkyl halides is 1. The van der Waals surface area contributed by atoms with E-state index in [1.54, 1.807) is 0 Å². The molecule has 1 saturated carbocycles. The SMILES string of the molecule is COc1ccc(C(=O)NCC(Br)C2CC2)cc1[N+](=O)[O-]. The van der Waals surface area contributed by atoms with Crippen molar-refractivity contribution in [2.45, 2.75) is 17.7 Å². The summed E-state index contributed by atoms with van der Waals surface area (Å²) in [6, 6.07) is 4.18. The molecule has 0 aliphatic heterocycles. The van der Waals surface area contributed by atoms with Crippen LogP contribution in [0, 0.1) is 16.0 Å². The lowest BCUT2D eigenvalue weighted by Crippen LogP contribution is -2.30. The van der Waals surface area contributed by atoms with Crippen LogP contribution in [0.1, 0.15) is 23.2 Å². The number of ether oxygens (including phenoxy) is 1. The summed E-state index contributed by atoms with van der Waals surface area (Å²) in [5.41, 5.74) is 0.0470. The van der Waals surface area contributed by atoms with Gasteiger partial charge in [0.25, 0.3) is 5.91 Å². The van der Waals surface area contributed by atoms with E-state index in [9.17, 15) is 14.9 Å². The quantitative estimate of drug-likeness (QED) is 0.489. The minimum atomic E-state index is -0.562. The van der Waals surface area contributed by atoms with E-state index in [4.69, 9.17) is 4.74 Å². The first-order valence-electron chi connectivity index (χ1n) is 6.27. The molecule has 1 aliphatic rings. The van der Waals surface area contributed by atoms with Crippen LogP contribution in [0.15, 0.2) is 18.2 Å². The molecule has 0 aromatic heterocycles. The second-order valence-corrected chi connectivity index (χ2v) is 5.88. The lowest BCUT2D eigenvalue weighted by Gasteiger charge is -2.10. The average Bonchev–Trinajstić information content (AvgIpc) is 3.28. The van der Waals surface area contributed by atoms with Crippen LogP contribution >= 0.6 is 15.9 Å². The highest BCUT2D eigenvalue weighted by molar-refractivity contribution is 9.09. The monoisotopic (exact) mass is 342 g/mol. The van der Waals surface area contributed by atoms with Crippen LogP contribution in [0.3, 0.4) is 0 Å². The Morgan fingerprint density at radius 2 is 2.30 bits per heavy atom. The number of rotatable bonds is 6. The maximum Gasteiger partial charge on any atom is 0.311 e. The average molecular weight is 343 g/mol. The number of carbonyl (C=O) groups is 1. The van der Waals surface area contributed by atoms with Crippen molar-refractivity contribution < 1.29 is 14.5 Å². The van der Waals surface area contributed by atoms with Crippen molar-refractivity contribution in [2.24, 2.45) is 5.92 Å². The van der Waals surface area contributed by atoms with Crippen LogP contribution in [0.4, 0.5) is 5.69 Å². The standard InChI is InChI=1S/C13H15BrN2O4/c1-20-12-5-4-9(6-11(12)16(18)19)13(17)15-7-10(14)8-2-3-8/h4-6,8,10H,2-3,7H2,1H3,(H,15,17).